The van der Waals surface area contributed by atoms with Gasteiger partial charge in [-0.3, -0.25) is 4.68 Å². The lowest BCUT2D eigenvalue weighted by molar-refractivity contribution is 0.452. The van der Waals surface area contributed by atoms with Crippen molar-refractivity contribution in [1.29, 1.82) is 0 Å². The van der Waals surface area contributed by atoms with E-state index in [0.29, 0.717) is 0 Å². The summed E-state index contributed by atoms with van der Waals surface area (Å²) in [6.07, 6.45) is 10.1. The SMILES string of the molecule is CC1(c2cncn2CCCn2cccn2)CCNC1. The van der Waals surface area contributed by atoms with Crippen LogP contribution in [0.15, 0.2) is 31.0 Å². The molecular formula is C14H21N5. The first-order valence-corrected chi connectivity index (χ1v) is 6.97. The number of hydrogen-bond acceptors (Lipinski definition) is 3. The number of aromatic nitrogens is 4. The second-order valence-corrected chi connectivity index (χ2v) is 5.58. The maximum atomic E-state index is 4.34. The maximum absolute atomic E-state index is 4.34. The lowest BCUT2D eigenvalue weighted by atomic mass is 9.86. The highest BCUT2D eigenvalue weighted by atomic mass is 15.3. The fourth-order valence-corrected chi connectivity index (χ4v) is 2.87. The highest BCUT2D eigenvalue weighted by Gasteiger charge is 2.33. The second kappa shape index (κ2) is 5.17. The van der Waals surface area contributed by atoms with E-state index in [4.69, 9.17) is 0 Å². The molecule has 3 heterocycles. The third-order valence-corrected chi connectivity index (χ3v) is 4.04. The van der Waals surface area contributed by atoms with Gasteiger partial charge in [0, 0.05) is 49.3 Å². The zero-order chi connectivity index (χ0) is 13.1. The Morgan fingerprint density at radius 1 is 1.42 bits per heavy atom. The van der Waals surface area contributed by atoms with E-state index in [9.17, 15) is 0 Å². The molecule has 3 rings (SSSR count). The van der Waals surface area contributed by atoms with Gasteiger partial charge < -0.3 is 9.88 Å². The summed E-state index contributed by atoms with van der Waals surface area (Å²) in [7, 11) is 0. The van der Waals surface area contributed by atoms with Crippen LogP contribution in [0.2, 0.25) is 0 Å². The lowest BCUT2D eigenvalue weighted by Crippen LogP contribution is -2.28. The van der Waals surface area contributed by atoms with E-state index in [1.165, 1.54) is 12.1 Å². The van der Waals surface area contributed by atoms with Gasteiger partial charge in [-0.1, -0.05) is 6.92 Å². The van der Waals surface area contributed by atoms with Crippen molar-refractivity contribution < 1.29 is 0 Å². The summed E-state index contributed by atoms with van der Waals surface area (Å²) in [6.45, 7) is 6.45. The van der Waals surface area contributed by atoms with Crippen molar-refractivity contribution >= 4 is 0 Å². The number of nitrogens with one attached hydrogen (secondary N) is 1. The standard InChI is InChI=1S/C14H21N5/c1-14(4-6-15-11-14)13-10-16-12-18(13)7-3-9-19-8-2-5-17-19/h2,5,8,10,12,15H,3-4,6-7,9,11H2,1H3. The molecule has 5 heteroatoms. The van der Waals surface area contributed by atoms with Crippen molar-refractivity contribution in [2.45, 2.75) is 38.3 Å². The Balaban J connectivity index is 1.64. The van der Waals surface area contributed by atoms with E-state index in [1.807, 2.05) is 35.7 Å². The Kier molecular flexibility index (Phi) is 3.38. The lowest BCUT2D eigenvalue weighted by Gasteiger charge is -2.24. The zero-order valence-electron chi connectivity index (χ0n) is 11.4. The summed E-state index contributed by atoms with van der Waals surface area (Å²) < 4.78 is 4.28. The summed E-state index contributed by atoms with van der Waals surface area (Å²) in [5.41, 5.74) is 1.60. The largest absolute Gasteiger partial charge is 0.334 e. The Morgan fingerprint density at radius 3 is 3.11 bits per heavy atom. The van der Waals surface area contributed by atoms with Crippen LogP contribution in [-0.4, -0.2) is 32.4 Å². The molecule has 0 aromatic carbocycles. The fourth-order valence-electron chi connectivity index (χ4n) is 2.87. The summed E-state index contributed by atoms with van der Waals surface area (Å²) in [6, 6.07) is 1.97. The molecule has 2 aromatic heterocycles. The van der Waals surface area contributed by atoms with Crippen LogP contribution in [0.5, 0.6) is 0 Å². The van der Waals surface area contributed by atoms with Gasteiger partial charge in [-0.25, -0.2) is 4.98 Å². The van der Waals surface area contributed by atoms with Crippen molar-refractivity contribution in [2.24, 2.45) is 0 Å². The molecule has 1 unspecified atom stereocenters. The highest BCUT2D eigenvalue weighted by Crippen LogP contribution is 2.29. The Morgan fingerprint density at radius 2 is 2.37 bits per heavy atom. The average molecular weight is 259 g/mol. The molecule has 0 spiro atoms. The molecule has 0 aliphatic carbocycles. The van der Waals surface area contributed by atoms with E-state index in [-0.39, 0.29) is 5.41 Å². The Hall–Kier alpha value is -1.62. The van der Waals surface area contributed by atoms with E-state index < -0.39 is 0 Å². The fraction of sp³-hybridized carbons (Fsp3) is 0.571. The van der Waals surface area contributed by atoms with Gasteiger partial charge >= 0.3 is 0 Å². The molecule has 1 aliphatic rings. The van der Waals surface area contributed by atoms with Crippen LogP contribution in [0.3, 0.4) is 0 Å². The molecule has 102 valence electrons. The van der Waals surface area contributed by atoms with E-state index >= 15 is 0 Å². The quantitative estimate of drug-likeness (QED) is 0.883. The minimum atomic E-state index is 0.238. The van der Waals surface area contributed by atoms with Crippen LogP contribution < -0.4 is 5.32 Å². The summed E-state index contributed by atoms with van der Waals surface area (Å²) in [5.74, 6) is 0. The van der Waals surface area contributed by atoms with Crippen LogP contribution in [0.4, 0.5) is 0 Å². The molecule has 1 N–H and O–H groups in total. The van der Waals surface area contributed by atoms with Crippen LogP contribution in [0, 0.1) is 0 Å². The smallest absolute Gasteiger partial charge is 0.0948 e. The molecule has 1 atom stereocenters. The molecule has 0 bridgehead atoms. The molecule has 1 fully saturated rings. The third-order valence-electron chi connectivity index (χ3n) is 4.04. The molecule has 0 saturated carbocycles. The highest BCUT2D eigenvalue weighted by molar-refractivity contribution is 5.17. The number of imidazole rings is 1. The second-order valence-electron chi connectivity index (χ2n) is 5.58. The summed E-state index contributed by atoms with van der Waals surface area (Å²) >= 11 is 0. The molecule has 0 radical (unpaired) electrons. The van der Waals surface area contributed by atoms with E-state index in [1.54, 1.807) is 0 Å². The van der Waals surface area contributed by atoms with Gasteiger partial charge in [0.25, 0.3) is 0 Å². The van der Waals surface area contributed by atoms with Crippen LogP contribution in [0.25, 0.3) is 0 Å². The third kappa shape index (κ3) is 2.56. The van der Waals surface area contributed by atoms with Crippen LogP contribution in [0.1, 0.15) is 25.5 Å². The summed E-state index contributed by atoms with van der Waals surface area (Å²) in [5, 5.41) is 7.68. The molecule has 1 saturated heterocycles. The van der Waals surface area contributed by atoms with Gasteiger partial charge in [-0.15, -0.1) is 0 Å². The Labute approximate surface area is 113 Å². The zero-order valence-corrected chi connectivity index (χ0v) is 11.4. The van der Waals surface area contributed by atoms with Crippen molar-refractivity contribution in [2.75, 3.05) is 13.1 Å². The van der Waals surface area contributed by atoms with Gasteiger partial charge in [0.05, 0.1) is 6.33 Å². The summed E-state index contributed by atoms with van der Waals surface area (Å²) in [4.78, 5) is 4.34. The van der Waals surface area contributed by atoms with Crippen molar-refractivity contribution in [1.82, 2.24) is 24.6 Å². The van der Waals surface area contributed by atoms with Gasteiger partial charge in [0.2, 0.25) is 0 Å². The first kappa shape index (κ1) is 12.4. The molecule has 5 nitrogen and oxygen atoms in total. The van der Waals surface area contributed by atoms with Crippen LogP contribution >= 0.6 is 0 Å². The predicted molar refractivity (Wildman–Crippen MR) is 73.9 cm³/mol. The number of rotatable bonds is 5. The molecule has 2 aromatic rings. The molecule has 1 aliphatic heterocycles. The van der Waals surface area contributed by atoms with Crippen molar-refractivity contribution in [3.8, 4) is 0 Å². The minimum absolute atomic E-state index is 0.238. The van der Waals surface area contributed by atoms with Gasteiger partial charge in [0.15, 0.2) is 0 Å². The molecular weight excluding hydrogens is 238 g/mol. The Bertz CT molecular complexity index is 508. The average Bonchev–Trinajstić information content (AvgIpc) is 3.10. The van der Waals surface area contributed by atoms with E-state index in [2.05, 4.69) is 26.9 Å². The van der Waals surface area contributed by atoms with Gasteiger partial charge in [-0.2, -0.15) is 5.10 Å². The normalized spacial score (nSPS) is 23.0. The number of nitrogens with zero attached hydrogens (tertiary/aromatic N) is 4. The molecule has 19 heavy (non-hydrogen) atoms. The monoisotopic (exact) mass is 259 g/mol. The molecule has 0 amide bonds. The number of hydrogen-bond donors (Lipinski definition) is 1. The van der Waals surface area contributed by atoms with E-state index in [0.717, 1.165) is 32.6 Å². The van der Waals surface area contributed by atoms with Crippen LogP contribution in [-0.2, 0) is 18.5 Å². The van der Waals surface area contributed by atoms with Crippen molar-refractivity contribution in [3.05, 3.63) is 36.7 Å². The predicted octanol–water partition coefficient (Wildman–Crippen LogP) is 1.42. The van der Waals surface area contributed by atoms with Gasteiger partial charge in [-0.05, 0) is 25.5 Å². The first-order valence-electron chi connectivity index (χ1n) is 6.97. The minimum Gasteiger partial charge on any atom is -0.334 e. The first-order chi connectivity index (χ1) is 9.28. The topological polar surface area (TPSA) is 47.7 Å². The van der Waals surface area contributed by atoms with Crippen molar-refractivity contribution in [3.63, 3.8) is 0 Å². The van der Waals surface area contributed by atoms with Gasteiger partial charge in [0.1, 0.15) is 0 Å². The number of aryl methyl sites for hydroxylation is 2. The maximum Gasteiger partial charge on any atom is 0.0948 e.